The van der Waals surface area contributed by atoms with Crippen LogP contribution in [0.25, 0.3) is 11.0 Å². The number of anilines is 1. The van der Waals surface area contributed by atoms with Crippen LogP contribution < -0.4 is 25.8 Å². The van der Waals surface area contributed by atoms with E-state index in [1.54, 1.807) is 12.1 Å². The molecule has 7 heterocycles. The number of nitrogens with one attached hydrogen (secondary N) is 2. The minimum Gasteiger partial charge on any atom is -0.480 e. The highest BCUT2D eigenvalue weighted by Crippen LogP contribution is 2.46. The third kappa shape index (κ3) is 5.21. The summed E-state index contributed by atoms with van der Waals surface area (Å²) in [4.78, 5) is 25.1. The van der Waals surface area contributed by atoms with Crippen molar-refractivity contribution in [3.05, 3.63) is 47.5 Å². The second-order valence-corrected chi connectivity index (χ2v) is 11.6. The first kappa shape index (κ1) is 26.4. The molecule has 2 bridgehead atoms. The summed E-state index contributed by atoms with van der Waals surface area (Å²) in [6, 6.07) is 7.06. The summed E-state index contributed by atoms with van der Waals surface area (Å²) in [6.07, 6.45) is 5.84. The van der Waals surface area contributed by atoms with Gasteiger partial charge in [-0.25, -0.2) is 14.4 Å². The summed E-state index contributed by atoms with van der Waals surface area (Å²) in [5, 5.41) is 6.43. The molecule has 216 valence electrons. The molecule has 41 heavy (non-hydrogen) atoms. The number of amides is 1. The Balaban J connectivity index is 0.997. The van der Waals surface area contributed by atoms with Gasteiger partial charge in [-0.2, -0.15) is 0 Å². The zero-order chi connectivity index (χ0) is 28.0. The van der Waals surface area contributed by atoms with Crippen LogP contribution in [0.2, 0.25) is 0 Å². The van der Waals surface area contributed by atoms with Gasteiger partial charge in [0.2, 0.25) is 5.88 Å². The van der Waals surface area contributed by atoms with Gasteiger partial charge in [-0.3, -0.25) is 9.78 Å². The first-order valence-corrected chi connectivity index (χ1v) is 14.2. The van der Waals surface area contributed by atoms with Crippen molar-refractivity contribution in [2.45, 2.75) is 68.4 Å². The Labute approximate surface area is 236 Å². The highest BCUT2D eigenvalue weighted by atomic mass is 19.1. The molecule has 11 nitrogen and oxygen atoms in total. The third-order valence-electron chi connectivity index (χ3n) is 8.86. The number of fused-ring (bicyclic) bond motifs is 5. The molecule has 4 aliphatic heterocycles. The van der Waals surface area contributed by atoms with Crippen LogP contribution in [0.1, 0.15) is 43.4 Å². The van der Waals surface area contributed by atoms with Gasteiger partial charge in [-0.1, -0.05) is 0 Å². The van der Waals surface area contributed by atoms with Gasteiger partial charge < -0.3 is 35.3 Å². The SMILES string of the molecule is N[C@@H]1COC[C@@H]1Oc1ccc2ncc(F)c(CCC34CCC(NCc5ccc6c(n5)NC(=O)CO6)(CC3)CO4)c2n1. The Kier molecular flexibility index (Phi) is 6.73. The molecule has 12 heteroatoms. The number of hydrogen-bond donors (Lipinski definition) is 3. The van der Waals surface area contributed by atoms with E-state index in [1.807, 2.05) is 12.1 Å². The third-order valence-corrected chi connectivity index (χ3v) is 8.86. The Morgan fingerprint density at radius 1 is 1.15 bits per heavy atom. The molecule has 1 amide bonds. The van der Waals surface area contributed by atoms with E-state index in [-0.39, 0.29) is 41.6 Å². The number of pyridine rings is 3. The maximum Gasteiger partial charge on any atom is 0.263 e. The van der Waals surface area contributed by atoms with Crippen LogP contribution in [-0.4, -0.2) is 70.6 Å². The van der Waals surface area contributed by atoms with Crippen molar-refractivity contribution in [3.63, 3.8) is 0 Å². The second-order valence-electron chi connectivity index (χ2n) is 11.6. The summed E-state index contributed by atoms with van der Waals surface area (Å²) in [5.74, 6) is 0.856. The highest BCUT2D eigenvalue weighted by Gasteiger charge is 2.49. The van der Waals surface area contributed by atoms with E-state index in [2.05, 4.69) is 25.6 Å². The average molecular weight is 565 g/mol. The Morgan fingerprint density at radius 2 is 2.02 bits per heavy atom. The number of ether oxygens (including phenoxy) is 4. The predicted molar refractivity (Wildman–Crippen MR) is 146 cm³/mol. The van der Waals surface area contributed by atoms with Crippen molar-refractivity contribution in [2.24, 2.45) is 5.73 Å². The Bertz CT molecular complexity index is 1460. The minimum absolute atomic E-state index is 0.00982. The number of carbonyl (C=O) groups excluding carboxylic acids is 1. The average Bonchev–Trinajstić information content (AvgIpc) is 3.40. The molecule has 1 saturated carbocycles. The fourth-order valence-corrected chi connectivity index (χ4v) is 6.26. The number of aryl methyl sites for hydroxylation is 1. The fraction of sp³-hybridized carbons (Fsp3) is 0.517. The number of carbonyl (C=O) groups is 1. The van der Waals surface area contributed by atoms with Gasteiger partial charge >= 0.3 is 0 Å². The molecule has 4 N–H and O–H groups in total. The maximum atomic E-state index is 15.1. The van der Waals surface area contributed by atoms with Gasteiger partial charge in [0.1, 0.15) is 11.9 Å². The number of nitrogens with two attached hydrogens (primary N) is 1. The van der Waals surface area contributed by atoms with Crippen molar-refractivity contribution >= 4 is 22.8 Å². The normalized spacial score (nSPS) is 28.8. The Hall–Kier alpha value is -3.45. The van der Waals surface area contributed by atoms with E-state index in [4.69, 9.17) is 24.7 Å². The molecule has 1 aliphatic carbocycles. The van der Waals surface area contributed by atoms with Crippen LogP contribution in [0.3, 0.4) is 0 Å². The molecule has 0 unspecified atom stereocenters. The van der Waals surface area contributed by atoms with Gasteiger partial charge in [-0.05, 0) is 56.7 Å². The molecule has 4 fully saturated rings. The quantitative estimate of drug-likeness (QED) is 0.373. The molecule has 0 radical (unpaired) electrons. The molecule has 3 aromatic heterocycles. The van der Waals surface area contributed by atoms with Gasteiger partial charge in [0.25, 0.3) is 5.91 Å². The van der Waals surface area contributed by atoms with Crippen molar-refractivity contribution in [1.82, 2.24) is 20.3 Å². The summed E-state index contributed by atoms with van der Waals surface area (Å²) in [7, 11) is 0. The summed E-state index contributed by atoms with van der Waals surface area (Å²) < 4.78 is 38.3. The smallest absolute Gasteiger partial charge is 0.263 e. The van der Waals surface area contributed by atoms with Gasteiger partial charge in [-0.15, -0.1) is 0 Å². The molecule has 3 saturated heterocycles. The summed E-state index contributed by atoms with van der Waals surface area (Å²) in [5.41, 5.74) is 8.11. The molecule has 8 rings (SSSR count). The van der Waals surface area contributed by atoms with Crippen LogP contribution in [0.4, 0.5) is 10.2 Å². The first-order valence-electron chi connectivity index (χ1n) is 14.2. The summed E-state index contributed by atoms with van der Waals surface area (Å²) >= 11 is 0. The lowest BCUT2D eigenvalue weighted by molar-refractivity contribution is -0.165. The lowest BCUT2D eigenvalue weighted by Gasteiger charge is -2.53. The zero-order valence-corrected chi connectivity index (χ0v) is 22.7. The van der Waals surface area contributed by atoms with Gasteiger partial charge in [0, 0.05) is 23.7 Å². The second kappa shape index (κ2) is 10.4. The van der Waals surface area contributed by atoms with Crippen LogP contribution in [0.5, 0.6) is 11.6 Å². The van der Waals surface area contributed by atoms with E-state index in [9.17, 15) is 4.79 Å². The number of nitrogens with zero attached hydrogens (tertiary/aromatic N) is 3. The lowest BCUT2D eigenvalue weighted by atomic mass is 9.69. The largest absolute Gasteiger partial charge is 0.480 e. The van der Waals surface area contributed by atoms with E-state index in [0.29, 0.717) is 73.3 Å². The van der Waals surface area contributed by atoms with Crippen molar-refractivity contribution < 1.29 is 28.1 Å². The molecule has 0 aromatic carbocycles. The minimum atomic E-state index is -0.374. The maximum absolute atomic E-state index is 15.1. The van der Waals surface area contributed by atoms with Crippen molar-refractivity contribution in [1.29, 1.82) is 0 Å². The predicted octanol–water partition coefficient (Wildman–Crippen LogP) is 2.40. The van der Waals surface area contributed by atoms with Gasteiger partial charge in [0.15, 0.2) is 18.2 Å². The van der Waals surface area contributed by atoms with E-state index in [0.717, 1.165) is 31.4 Å². The lowest BCUT2D eigenvalue weighted by Crippen LogP contribution is -2.61. The molecule has 0 spiro atoms. The molecular formula is C29H33FN6O5. The van der Waals surface area contributed by atoms with E-state index in [1.165, 1.54) is 6.20 Å². The van der Waals surface area contributed by atoms with Crippen LogP contribution in [0.15, 0.2) is 30.5 Å². The van der Waals surface area contributed by atoms with Crippen LogP contribution >= 0.6 is 0 Å². The monoisotopic (exact) mass is 564 g/mol. The Morgan fingerprint density at radius 3 is 2.80 bits per heavy atom. The van der Waals surface area contributed by atoms with Crippen molar-refractivity contribution in [3.8, 4) is 11.6 Å². The molecular weight excluding hydrogens is 531 g/mol. The van der Waals surface area contributed by atoms with Gasteiger partial charge in [0.05, 0.1) is 54.4 Å². The first-order chi connectivity index (χ1) is 19.9. The topological polar surface area (TPSA) is 143 Å². The molecule has 5 aliphatic rings. The summed E-state index contributed by atoms with van der Waals surface area (Å²) in [6.45, 7) is 2.00. The fourth-order valence-electron chi connectivity index (χ4n) is 6.26. The number of halogens is 1. The number of aromatic nitrogens is 3. The number of rotatable bonds is 8. The van der Waals surface area contributed by atoms with Crippen LogP contribution in [-0.2, 0) is 27.2 Å². The molecule has 2 atom stereocenters. The zero-order valence-electron chi connectivity index (χ0n) is 22.7. The highest BCUT2D eigenvalue weighted by molar-refractivity contribution is 5.94. The standard InChI is InChI=1S/C29H33FN6O5/c30-19-12-32-21-2-4-25(41-23-14-38-13-20(23)31)36-26(21)18(19)5-6-29-9-7-28(8-10-29,16-40-29)33-11-17-1-3-22-27(34-17)35-24(37)15-39-22/h1-4,12,20,23,33H,5-11,13-16,31H2,(H,34,35,37)/t20-,23+,28?,29?/m1/s1. The van der Waals surface area contributed by atoms with Crippen LogP contribution in [0, 0.1) is 5.82 Å². The molecule has 3 aromatic rings. The van der Waals surface area contributed by atoms with E-state index < -0.39 is 0 Å². The van der Waals surface area contributed by atoms with Crippen molar-refractivity contribution in [2.75, 3.05) is 31.7 Å². The van der Waals surface area contributed by atoms with E-state index >= 15 is 4.39 Å². The number of hydrogen-bond acceptors (Lipinski definition) is 10.